The molecule has 2 unspecified atom stereocenters. The predicted octanol–water partition coefficient (Wildman–Crippen LogP) is 4.47. The third-order valence-corrected chi connectivity index (χ3v) is 5.92. The SMILES string of the molecule is O=C(OCc1ccccc1)C1CC(C(=O)OCc2ccccc2)C1C(=O)OCc1ccccc1. The Bertz CT molecular complexity index is 1040. The first-order valence-corrected chi connectivity index (χ1v) is 11.2. The minimum atomic E-state index is -0.935. The van der Waals surface area contributed by atoms with Crippen molar-refractivity contribution < 1.29 is 28.6 Å². The average Bonchev–Trinajstić information content (AvgIpc) is 2.86. The van der Waals surface area contributed by atoms with E-state index in [9.17, 15) is 14.4 Å². The lowest BCUT2D eigenvalue weighted by Gasteiger charge is -2.39. The van der Waals surface area contributed by atoms with Gasteiger partial charge in [0.15, 0.2) is 0 Å². The number of rotatable bonds is 9. The maximum Gasteiger partial charge on any atom is 0.311 e. The van der Waals surface area contributed by atoms with Crippen molar-refractivity contribution in [3.05, 3.63) is 108 Å². The molecule has 1 fully saturated rings. The molecule has 0 amide bonds. The highest BCUT2D eigenvalue weighted by atomic mass is 16.5. The molecule has 1 saturated carbocycles. The van der Waals surface area contributed by atoms with Gasteiger partial charge in [0.05, 0.1) is 17.8 Å². The number of ether oxygens (including phenoxy) is 3. The highest BCUT2D eigenvalue weighted by Crippen LogP contribution is 2.43. The Hall–Kier alpha value is -3.93. The largest absolute Gasteiger partial charge is 0.461 e. The van der Waals surface area contributed by atoms with Crippen molar-refractivity contribution in [2.24, 2.45) is 17.8 Å². The Balaban J connectivity index is 1.39. The molecular weight excluding hydrogens is 432 g/mol. The summed E-state index contributed by atoms with van der Waals surface area (Å²) in [6.07, 6.45) is 0.187. The van der Waals surface area contributed by atoms with Crippen LogP contribution < -0.4 is 0 Å². The van der Waals surface area contributed by atoms with E-state index in [-0.39, 0.29) is 26.2 Å². The van der Waals surface area contributed by atoms with Crippen molar-refractivity contribution in [2.75, 3.05) is 0 Å². The number of hydrogen-bond acceptors (Lipinski definition) is 6. The highest BCUT2D eigenvalue weighted by molar-refractivity contribution is 5.90. The van der Waals surface area contributed by atoms with E-state index in [0.717, 1.165) is 16.7 Å². The van der Waals surface area contributed by atoms with Crippen LogP contribution in [0.2, 0.25) is 0 Å². The second-order valence-electron chi connectivity index (χ2n) is 8.25. The van der Waals surface area contributed by atoms with Gasteiger partial charge in [-0.2, -0.15) is 0 Å². The molecule has 6 heteroatoms. The van der Waals surface area contributed by atoms with Crippen molar-refractivity contribution in [3.8, 4) is 0 Å². The molecule has 174 valence electrons. The molecule has 0 spiro atoms. The zero-order valence-corrected chi connectivity index (χ0v) is 18.7. The first kappa shape index (κ1) is 23.2. The second kappa shape index (κ2) is 11.3. The minimum Gasteiger partial charge on any atom is -0.461 e. The Morgan fingerprint density at radius 3 is 1.21 bits per heavy atom. The first-order valence-electron chi connectivity index (χ1n) is 11.2. The number of benzene rings is 3. The van der Waals surface area contributed by atoms with Gasteiger partial charge in [-0.3, -0.25) is 14.4 Å². The van der Waals surface area contributed by atoms with Crippen LogP contribution in [0, 0.1) is 17.8 Å². The molecule has 2 atom stereocenters. The molecule has 0 aromatic heterocycles. The van der Waals surface area contributed by atoms with Crippen molar-refractivity contribution in [2.45, 2.75) is 26.2 Å². The molecule has 34 heavy (non-hydrogen) atoms. The number of hydrogen-bond donors (Lipinski definition) is 0. The molecule has 3 aromatic carbocycles. The number of carbonyl (C=O) groups is 3. The minimum absolute atomic E-state index is 0.0632. The highest BCUT2D eigenvalue weighted by Gasteiger charge is 2.55. The first-order chi connectivity index (χ1) is 16.6. The molecule has 0 N–H and O–H groups in total. The summed E-state index contributed by atoms with van der Waals surface area (Å²) in [5.74, 6) is -4.06. The van der Waals surface area contributed by atoms with Crippen LogP contribution in [0.4, 0.5) is 0 Å². The molecule has 0 bridgehead atoms. The quantitative estimate of drug-likeness (QED) is 0.348. The van der Waals surface area contributed by atoms with Gasteiger partial charge >= 0.3 is 17.9 Å². The Morgan fingerprint density at radius 2 is 0.853 bits per heavy atom. The van der Waals surface area contributed by atoms with Crippen LogP contribution in [-0.4, -0.2) is 17.9 Å². The van der Waals surface area contributed by atoms with Gasteiger partial charge in [-0.15, -0.1) is 0 Å². The molecular formula is C28H26O6. The lowest BCUT2D eigenvalue weighted by Crippen LogP contribution is -2.51. The monoisotopic (exact) mass is 458 g/mol. The van der Waals surface area contributed by atoms with Gasteiger partial charge in [-0.05, 0) is 23.1 Å². The van der Waals surface area contributed by atoms with Gasteiger partial charge in [0.25, 0.3) is 0 Å². The summed E-state index contributed by atoms with van der Waals surface area (Å²) in [6.45, 7) is 0.268. The van der Waals surface area contributed by atoms with Gasteiger partial charge < -0.3 is 14.2 Å². The van der Waals surface area contributed by atoms with E-state index in [1.54, 1.807) is 0 Å². The summed E-state index contributed by atoms with van der Waals surface area (Å²) in [5, 5.41) is 0. The average molecular weight is 459 g/mol. The zero-order chi connectivity index (χ0) is 23.8. The zero-order valence-electron chi connectivity index (χ0n) is 18.7. The van der Waals surface area contributed by atoms with Crippen LogP contribution in [0.1, 0.15) is 23.1 Å². The Labute approximate surface area is 198 Å². The Kier molecular flexibility index (Phi) is 7.71. The van der Waals surface area contributed by atoms with E-state index in [1.165, 1.54) is 0 Å². The fourth-order valence-corrected chi connectivity index (χ4v) is 3.96. The van der Waals surface area contributed by atoms with Crippen LogP contribution >= 0.6 is 0 Å². The maximum absolute atomic E-state index is 12.9. The maximum atomic E-state index is 12.9. The van der Waals surface area contributed by atoms with Crippen LogP contribution in [-0.2, 0) is 48.4 Å². The van der Waals surface area contributed by atoms with Crippen molar-refractivity contribution >= 4 is 17.9 Å². The van der Waals surface area contributed by atoms with E-state index >= 15 is 0 Å². The van der Waals surface area contributed by atoms with Gasteiger partial charge in [0.1, 0.15) is 19.8 Å². The second-order valence-corrected chi connectivity index (χ2v) is 8.25. The number of esters is 3. The molecule has 1 aliphatic rings. The third-order valence-electron chi connectivity index (χ3n) is 5.92. The van der Waals surface area contributed by atoms with E-state index in [4.69, 9.17) is 14.2 Å². The standard InChI is InChI=1S/C28H26O6/c29-26(32-17-20-10-4-1-5-11-20)23-16-24(27(30)33-18-21-12-6-2-7-13-21)25(23)28(31)34-19-22-14-8-3-9-15-22/h1-15,23-25H,16-19H2. The van der Waals surface area contributed by atoms with Gasteiger partial charge in [-0.25, -0.2) is 0 Å². The predicted molar refractivity (Wildman–Crippen MR) is 124 cm³/mol. The molecule has 6 nitrogen and oxygen atoms in total. The van der Waals surface area contributed by atoms with Crippen LogP contribution in [0.5, 0.6) is 0 Å². The molecule has 0 saturated heterocycles. The fourth-order valence-electron chi connectivity index (χ4n) is 3.96. The third kappa shape index (κ3) is 5.90. The molecule has 0 heterocycles. The molecule has 0 aliphatic heterocycles. The van der Waals surface area contributed by atoms with Gasteiger partial charge in [0, 0.05) is 0 Å². The van der Waals surface area contributed by atoms with Crippen LogP contribution in [0.25, 0.3) is 0 Å². The topological polar surface area (TPSA) is 78.9 Å². The molecule has 0 radical (unpaired) electrons. The lowest BCUT2D eigenvalue weighted by molar-refractivity contribution is -0.183. The molecule has 4 rings (SSSR count). The number of carbonyl (C=O) groups excluding carboxylic acids is 3. The molecule has 1 aliphatic carbocycles. The summed E-state index contributed by atoms with van der Waals surface area (Å²) < 4.78 is 16.3. The van der Waals surface area contributed by atoms with E-state index in [2.05, 4.69) is 0 Å². The van der Waals surface area contributed by atoms with Gasteiger partial charge in [0.2, 0.25) is 0 Å². The van der Waals surface area contributed by atoms with Crippen molar-refractivity contribution in [1.29, 1.82) is 0 Å². The summed E-state index contributed by atoms with van der Waals surface area (Å²) in [7, 11) is 0. The van der Waals surface area contributed by atoms with Gasteiger partial charge in [-0.1, -0.05) is 91.0 Å². The van der Waals surface area contributed by atoms with E-state index < -0.39 is 35.7 Å². The normalized spacial score (nSPS) is 18.9. The summed E-state index contributed by atoms with van der Waals surface area (Å²) in [4.78, 5) is 38.4. The Morgan fingerprint density at radius 1 is 0.529 bits per heavy atom. The smallest absolute Gasteiger partial charge is 0.311 e. The summed E-state index contributed by atoms with van der Waals surface area (Å²) in [5.41, 5.74) is 2.51. The van der Waals surface area contributed by atoms with E-state index in [0.29, 0.717) is 0 Å². The molecule has 3 aromatic rings. The van der Waals surface area contributed by atoms with Crippen LogP contribution in [0.3, 0.4) is 0 Å². The summed E-state index contributed by atoms with van der Waals surface area (Å²) >= 11 is 0. The van der Waals surface area contributed by atoms with Crippen molar-refractivity contribution in [1.82, 2.24) is 0 Å². The van der Waals surface area contributed by atoms with E-state index in [1.807, 2.05) is 91.0 Å². The lowest BCUT2D eigenvalue weighted by atomic mass is 9.64. The van der Waals surface area contributed by atoms with Crippen LogP contribution in [0.15, 0.2) is 91.0 Å². The fraction of sp³-hybridized carbons (Fsp3) is 0.250. The summed E-state index contributed by atoms with van der Waals surface area (Å²) in [6, 6.07) is 27.8. The van der Waals surface area contributed by atoms with Crippen molar-refractivity contribution in [3.63, 3.8) is 0 Å².